The number of carbonyl (C=O) groups is 3. The summed E-state index contributed by atoms with van der Waals surface area (Å²) in [4.78, 5) is 33.7. The van der Waals surface area contributed by atoms with Crippen molar-refractivity contribution in [3.63, 3.8) is 0 Å². The van der Waals surface area contributed by atoms with E-state index in [1.807, 2.05) is 13.8 Å². The largest absolute Gasteiger partial charge is 0.482 e. The Kier molecular flexibility index (Phi) is 8.32. The van der Waals surface area contributed by atoms with Crippen molar-refractivity contribution >= 4 is 17.8 Å². The Morgan fingerprint density at radius 1 is 1.17 bits per heavy atom. The quantitative estimate of drug-likeness (QED) is 0.598. The van der Waals surface area contributed by atoms with E-state index in [0.717, 1.165) is 12.0 Å². The number of carboxylic acid groups (broad SMARTS) is 1. The Balaban J connectivity index is 2.32. The van der Waals surface area contributed by atoms with Crippen LogP contribution in [0.3, 0.4) is 0 Å². The van der Waals surface area contributed by atoms with Crippen LogP contribution in [0.1, 0.15) is 32.3 Å². The summed E-state index contributed by atoms with van der Waals surface area (Å²) in [6.45, 7) is 3.86. The van der Waals surface area contributed by atoms with E-state index in [-0.39, 0.29) is 24.9 Å². The van der Waals surface area contributed by atoms with Crippen LogP contribution in [0.2, 0.25) is 0 Å². The minimum absolute atomic E-state index is 0.0634. The van der Waals surface area contributed by atoms with Crippen LogP contribution in [0.4, 0.5) is 0 Å². The van der Waals surface area contributed by atoms with Crippen molar-refractivity contribution in [3.8, 4) is 5.75 Å². The molecule has 0 aliphatic heterocycles. The highest BCUT2D eigenvalue weighted by molar-refractivity contribution is 5.84. The number of nitrogens with one attached hydrogen (secondary N) is 2. The smallest absolute Gasteiger partial charge is 0.341 e. The average molecular weight is 336 g/mol. The van der Waals surface area contributed by atoms with Gasteiger partial charge in [-0.15, -0.1) is 0 Å². The van der Waals surface area contributed by atoms with Gasteiger partial charge in [0.25, 0.3) is 0 Å². The molecule has 24 heavy (non-hydrogen) atoms. The third-order valence-corrected chi connectivity index (χ3v) is 3.15. The van der Waals surface area contributed by atoms with Crippen LogP contribution in [0.5, 0.6) is 5.75 Å². The maximum absolute atomic E-state index is 11.7. The Morgan fingerprint density at radius 2 is 1.92 bits per heavy atom. The fraction of sp³-hybridized carbons (Fsp3) is 0.471. The number of benzene rings is 1. The number of aliphatic carboxylic acids is 1. The Hall–Kier alpha value is -2.57. The molecule has 1 aromatic carbocycles. The number of hydrogen-bond acceptors (Lipinski definition) is 4. The van der Waals surface area contributed by atoms with Gasteiger partial charge < -0.3 is 20.5 Å². The number of hydrogen-bond donors (Lipinski definition) is 3. The van der Waals surface area contributed by atoms with Gasteiger partial charge in [0, 0.05) is 13.0 Å². The zero-order valence-corrected chi connectivity index (χ0v) is 14.0. The summed E-state index contributed by atoms with van der Waals surface area (Å²) in [6.07, 6.45) is 1.20. The van der Waals surface area contributed by atoms with Crippen molar-refractivity contribution in [3.05, 3.63) is 29.8 Å². The molecule has 0 radical (unpaired) electrons. The van der Waals surface area contributed by atoms with Gasteiger partial charge in [0.05, 0.1) is 6.54 Å². The van der Waals surface area contributed by atoms with Crippen molar-refractivity contribution in [1.82, 2.24) is 10.6 Å². The fourth-order valence-corrected chi connectivity index (χ4v) is 1.84. The van der Waals surface area contributed by atoms with Crippen molar-refractivity contribution in [2.24, 2.45) is 5.92 Å². The summed E-state index contributed by atoms with van der Waals surface area (Å²) in [5, 5.41) is 13.8. The van der Waals surface area contributed by atoms with E-state index < -0.39 is 12.6 Å². The number of ether oxygens (including phenoxy) is 1. The maximum atomic E-state index is 11.7. The standard InChI is InChI=1S/C17H24N2O5/c1-12(2)6-7-15(20)19-10-16(21)18-9-13-4-3-5-14(8-13)24-11-17(22)23/h3-5,8,12H,6-7,9-11H2,1-2H3,(H,18,21)(H,19,20)(H,22,23). The van der Waals surface area contributed by atoms with Gasteiger partial charge in [0.1, 0.15) is 5.75 Å². The fourth-order valence-electron chi connectivity index (χ4n) is 1.84. The second kappa shape index (κ2) is 10.3. The monoisotopic (exact) mass is 336 g/mol. The number of rotatable bonds is 10. The van der Waals surface area contributed by atoms with Gasteiger partial charge in [-0.25, -0.2) is 4.79 Å². The highest BCUT2D eigenvalue weighted by Gasteiger charge is 2.07. The molecule has 1 rings (SSSR count). The molecule has 1 aromatic rings. The lowest BCUT2D eigenvalue weighted by Crippen LogP contribution is -2.36. The van der Waals surface area contributed by atoms with Crippen LogP contribution < -0.4 is 15.4 Å². The lowest BCUT2D eigenvalue weighted by Gasteiger charge is -2.09. The molecule has 0 heterocycles. The van der Waals surface area contributed by atoms with E-state index in [4.69, 9.17) is 9.84 Å². The van der Waals surface area contributed by atoms with Crippen molar-refractivity contribution in [2.75, 3.05) is 13.2 Å². The summed E-state index contributed by atoms with van der Waals surface area (Å²) in [5.41, 5.74) is 0.775. The minimum atomic E-state index is -1.05. The molecule has 7 nitrogen and oxygen atoms in total. The molecule has 0 fully saturated rings. The van der Waals surface area contributed by atoms with Gasteiger partial charge in [0.2, 0.25) is 11.8 Å². The van der Waals surface area contributed by atoms with Gasteiger partial charge in [-0.05, 0) is 30.0 Å². The van der Waals surface area contributed by atoms with E-state index in [0.29, 0.717) is 18.1 Å². The van der Waals surface area contributed by atoms with E-state index in [1.165, 1.54) is 0 Å². The second-order valence-corrected chi connectivity index (χ2v) is 5.82. The van der Waals surface area contributed by atoms with Crippen LogP contribution in [-0.2, 0) is 20.9 Å². The predicted molar refractivity (Wildman–Crippen MR) is 88.5 cm³/mol. The molecule has 132 valence electrons. The summed E-state index contributed by atoms with van der Waals surface area (Å²) < 4.78 is 5.07. The Labute approximate surface area is 141 Å². The van der Waals surface area contributed by atoms with Crippen LogP contribution in [0, 0.1) is 5.92 Å². The lowest BCUT2D eigenvalue weighted by molar-refractivity contribution is -0.139. The van der Waals surface area contributed by atoms with Crippen LogP contribution in [-0.4, -0.2) is 36.0 Å². The van der Waals surface area contributed by atoms with Crippen LogP contribution in [0.15, 0.2) is 24.3 Å². The first-order valence-electron chi connectivity index (χ1n) is 7.83. The number of carboxylic acids is 1. The highest BCUT2D eigenvalue weighted by Crippen LogP contribution is 2.13. The van der Waals surface area contributed by atoms with Crippen LogP contribution in [0.25, 0.3) is 0 Å². The maximum Gasteiger partial charge on any atom is 0.341 e. The second-order valence-electron chi connectivity index (χ2n) is 5.82. The van der Waals surface area contributed by atoms with Gasteiger partial charge in [-0.3, -0.25) is 9.59 Å². The number of carbonyl (C=O) groups excluding carboxylic acids is 2. The summed E-state index contributed by atoms with van der Waals surface area (Å²) in [7, 11) is 0. The van der Waals surface area contributed by atoms with Gasteiger partial charge in [-0.2, -0.15) is 0 Å². The summed E-state index contributed by atoms with van der Waals surface area (Å²) in [5.74, 6) is -0.610. The van der Waals surface area contributed by atoms with Crippen LogP contribution >= 0.6 is 0 Å². The molecule has 0 bridgehead atoms. The third-order valence-electron chi connectivity index (χ3n) is 3.15. The molecule has 2 amide bonds. The van der Waals surface area contributed by atoms with E-state index in [2.05, 4.69) is 10.6 Å². The van der Waals surface area contributed by atoms with Crippen molar-refractivity contribution in [2.45, 2.75) is 33.2 Å². The average Bonchev–Trinajstić information content (AvgIpc) is 2.54. The molecule has 0 aliphatic carbocycles. The highest BCUT2D eigenvalue weighted by atomic mass is 16.5. The van der Waals surface area contributed by atoms with Crippen molar-refractivity contribution in [1.29, 1.82) is 0 Å². The minimum Gasteiger partial charge on any atom is -0.482 e. The van der Waals surface area contributed by atoms with Gasteiger partial charge >= 0.3 is 5.97 Å². The van der Waals surface area contributed by atoms with Gasteiger partial charge in [-0.1, -0.05) is 26.0 Å². The van der Waals surface area contributed by atoms with Gasteiger partial charge in [0.15, 0.2) is 6.61 Å². The van der Waals surface area contributed by atoms with Crippen molar-refractivity contribution < 1.29 is 24.2 Å². The molecule has 7 heteroatoms. The summed E-state index contributed by atoms with van der Waals surface area (Å²) in [6, 6.07) is 6.80. The molecule has 0 spiro atoms. The first-order chi connectivity index (χ1) is 11.4. The molecule has 0 unspecified atom stereocenters. The molecular weight excluding hydrogens is 312 g/mol. The molecule has 0 saturated heterocycles. The normalized spacial score (nSPS) is 10.3. The first-order valence-corrected chi connectivity index (χ1v) is 7.83. The zero-order valence-electron chi connectivity index (χ0n) is 14.0. The summed E-state index contributed by atoms with van der Waals surface area (Å²) >= 11 is 0. The molecule has 0 saturated carbocycles. The zero-order chi connectivity index (χ0) is 17.9. The molecule has 0 atom stereocenters. The molecule has 0 aliphatic rings. The molecule has 3 N–H and O–H groups in total. The Morgan fingerprint density at radius 3 is 2.58 bits per heavy atom. The van der Waals surface area contributed by atoms with E-state index in [9.17, 15) is 14.4 Å². The SMILES string of the molecule is CC(C)CCC(=O)NCC(=O)NCc1cccc(OCC(=O)O)c1. The third kappa shape index (κ3) is 8.77. The molecule has 0 aromatic heterocycles. The topological polar surface area (TPSA) is 105 Å². The molecular formula is C17H24N2O5. The number of amides is 2. The predicted octanol–water partition coefficient (Wildman–Crippen LogP) is 1.32. The Bertz CT molecular complexity index is 572. The first kappa shape index (κ1) is 19.5. The lowest BCUT2D eigenvalue weighted by atomic mass is 10.1. The van der Waals surface area contributed by atoms with E-state index in [1.54, 1.807) is 24.3 Å². The van der Waals surface area contributed by atoms with E-state index >= 15 is 0 Å².